The maximum atomic E-state index is 13.4. The molecule has 0 heterocycles. The molecule has 4 nitrogen and oxygen atoms in total. The lowest BCUT2D eigenvalue weighted by molar-refractivity contribution is -0.128. The Hall–Kier alpha value is -4.18. The minimum atomic E-state index is -0.359. The summed E-state index contributed by atoms with van der Waals surface area (Å²) in [5.74, 6) is -0.560. The quantitative estimate of drug-likeness (QED) is 0.272. The van der Waals surface area contributed by atoms with E-state index in [2.05, 4.69) is 24.3 Å². The van der Waals surface area contributed by atoms with Crippen LogP contribution in [0.3, 0.4) is 0 Å². The number of carbonyl (C=O) groups excluding carboxylic acids is 2. The summed E-state index contributed by atoms with van der Waals surface area (Å²) >= 11 is 0. The Kier molecular flexibility index (Phi) is 4.99. The average molecular weight is 447 g/mol. The first-order valence-electron chi connectivity index (χ1n) is 11.4. The second kappa shape index (κ2) is 8.31. The molecule has 166 valence electrons. The van der Waals surface area contributed by atoms with Gasteiger partial charge in [0.1, 0.15) is 13.2 Å². The summed E-state index contributed by atoms with van der Waals surface area (Å²) in [4.78, 5) is 24.4. The lowest BCUT2D eigenvalue weighted by Gasteiger charge is -2.18. The summed E-state index contributed by atoms with van der Waals surface area (Å²) in [5.41, 5.74) is 9.24. The molecule has 0 amide bonds. The van der Waals surface area contributed by atoms with Gasteiger partial charge in [-0.1, -0.05) is 84.9 Å². The highest BCUT2D eigenvalue weighted by molar-refractivity contribution is 5.96. The zero-order chi connectivity index (χ0) is 23.1. The van der Waals surface area contributed by atoms with E-state index in [4.69, 9.17) is 9.47 Å². The number of fused-ring (bicyclic) bond motifs is 6. The minimum absolute atomic E-state index is 0.000462. The molecule has 2 aliphatic carbocycles. The molecule has 0 saturated carbocycles. The van der Waals surface area contributed by atoms with Crippen molar-refractivity contribution >= 4 is 12.4 Å². The van der Waals surface area contributed by atoms with Gasteiger partial charge in [0.15, 0.2) is 0 Å². The number of rotatable bonds is 6. The highest BCUT2D eigenvalue weighted by atomic mass is 16.5. The first-order chi connectivity index (χ1) is 16.8. The third kappa shape index (κ3) is 3.14. The number of ether oxygens (including phenoxy) is 2. The Morgan fingerprint density at radius 1 is 0.647 bits per heavy atom. The van der Waals surface area contributed by atoms with E-state index in [1.165, 1.54) is 22.3 Å². The third-order valence-corrected chi connectivity index (χ3v) is 6.98. The molecule has 0 aromatic heterocycles. The van der Waals surface area contributed by atoms with E-state index in [1.807, 2.05) is 60.7 Å². The fourth-order valence-corrected chi connectivity index (χ4v) is 5.54. The molecule has 0 N–H and O–H groups in total. The number of benzene rings is 4. The van der Waals surface area contributed by atoms with Crippen LogP contribution in [0.5, 0.6) is 0 Å². The predicted molar refractivity (Wildman–Crippen MR) is 130 cm³/mol. The maximum absolute atomic E-state index is 13.4. The lowest BCUT2D eigenvalue weighted by Crippen LogP contribution is -2.16. The van der Waals surface area contributed by atoms with Crippen LogP contribution in [0.1, 0.15) is 44.4 Å². The van der Waals surface area contributed by atoms with E-state index in [9.17, 15) is 9.59 Å². The first kappa shape index (κ1) is 20.4. The van der Waals surface area contributed by atoms with Gasteiger partial charge in [-0.3, -0.25) is 4.79 Å². The zero-order valence-corrected chi connectivity index (χ0v) is 18.4. The smallest absolute Gasteiger partial charge is 0.338 e. The molecule has 4 aromatic rings. The Morgan fingerprint density at radius 2 is 1.18 bits per heavy atom. The van der Waals surface area contributed by atoms with Gasteiger partial charge in [0.2, 0.25) is 0 Å². The van der Waals surface area contributed by atoms with Crippen molar-refractivity contribution in [2.75, 3.05) is 13.2 Å². The van der Waals surface area contributed by atoms with Crippen molar-refractivity contribution in [2.24, 2.45) is 0 Å². The van der Waals surface area contributed by atoms with Gasteiger partial charge in [-0.2, -0.15) is 0 Å². The number of hydrogen-bond acceptors (Lipinski definition) is 4. The fourth-order valence-electron chi connectivity index (χ4n) is 5.54. The molecular weight excluding hydrogens is 424 g/mol. The molecule has 4 aromatic carbocycles. The van der Waals surface area contributed by atoms with Crippen molar-refractivity contribution in [3.05, 3.63) is 119 Å². The Bertz CT molecular complexity index is 1380. The summed E-state index contributed by atoms with van der Waals surface area (Å²) in [6, 6.07) is 30.3. The Labute approximate surface area is 197 Å². The van der Waals surface area contributed by atoms with Gasteiger partial charge < -0.3 is 9.47 Å². The van der Waals surface area contributed by atoms with Crippen molar-refractivity contribution in [2.45, 2.75) is 11.8 Å². The van der Waals surface area contributed by atoms with Crippen LogP contribution in [0.15, 0.2) is 91.0 Å². The third-order valence-electron chi connectivity index (χ3n) is 6.98. The van der Waals surface area contributed by atoms with Gasteiger partial charge >= 0.3 is 5.97 Å². The van der Waals surface area contributed by atoms with Crippen molar-refractivity contribution in [1.82, 2.24) is 0 Å². The molecular formula is C30H22O4. The Balaban J connectivity index is 1.32. The number of carbonyl (C=O) groups is 2. The molecule has 0 fully saturated rings. The van der Waals surface area contributed by atoms with Crippen molar-refractivity contribution in [3.63, 3.8) is 0 Å². The molecule has 0 bridgehead atoms. The summed E-state index contributed by atoms with van der Waals surface area (Å²) in [6.45, 7) is 0.899. The van der Waals surface area contributed by atoms with Crippen LogP contribution in [-0.4, -0.2) is 25.7 Å². The summed E-state index contributed by atoms with van der Waals surface area (Å²) in [5, 5.41) is 0. The highest BCUT2D eigenvalue weighted by Crippen LogP contribution is 2.47. The average Bonchev–Trinajstić information content (AvgIpc) is 3.39. The van der Waals surface area contributed by atoms with Crippen molar-refractivity contribution in [3.8, 4) is 22.3 Å². The van der Waals surface area contributed by atoms with E-state index in [0.717, 1.165) is 22.3 Å². The first-order valence-corrected chi connectivity index (χ1v) is 11.4. The minimum Gasteiger partial charge on any atom is -0.467 e. The molecule has 2 aliphatic rings. The van der Waals surface area contributed by atoms with Gasteiger partial charge in [0.25, 0.3) is 6.47 Å². The normalized spacial score (nSPS) is 15.1. The van der Waals surface area contributed by atoms with E-state index in [0.29, 0.717) is 12.0 Å². The van der Waals surface area contributed by atoms with Crippen molar-refractivity contribution < 1.29 is 19.1 Å². The van der Waals surface area contributed by atoms with Gasteiger partial charge in [-0.05, 0) is 50.6 Å². The van der Waals surface area contributed by atoms with Crippen LogP contribution in [0.4, 0.5) is 0 Å². The van der Waals surface area contributed by atoms with Gasteiger partial charge in [0, 0.05) is 11.8 Å². The monoisotopic (exact) mass is 446 g/mol. The lowest BCUT2D eigenvalue weighted by atomic mass is 9.93. The predicted octanol–water partition coefficient (Wildman–Crippen LogP) is 5.94. The number of hydrogen-bond donors (Lipinski definition) is 0. The molecule has 0 saturated heterocycles. The molecule has 0 radical (unpaired) electrons. The zero-order valence-electron chi connectivity index (χ0n) is 18.4. The fraction of sp³-hybridized carbons (Fsp3) is 0.133. The second-order valence-electron chi connectivity index (χ2n) is 8.66. The summed E-state index contributed by atoms with van der Waals surface area (Å²) in [6.07, 6.45) is 0. The molecule has 1 atom stereocenters. The molecule has 34 heavy (non-hydrogen) atoms. The molecule has 4 heteroatoms. The molecule has 6 rings (SSSR count). The molecule has 0 aliphatic heterocycles. The van der Waals surface area contributed by atoms with Crippen molar-refractivity contribution in [1.29, 1.82) is 0 Å². The highest BCUT2D eigenvalue weighted by Gasteiger charge is 2.34. The second-order valence-corrected chi connectivity index (χ2v) is 8.66. The SMILES string of the molecule is O=COCC1c2ccccc2-c2cccc(C(=O)OCC3c4ccccc4-c4ccccc43)c21. The maximum Gasteiger partial charge on any atom is 0.338 e. The van der Waals surface area contributed by atoms with E-state index in [-0.39, 0.29) is 31.0 Å². The molecule has 0 spiro atoms. The van der Waals surface area contributed by atoms with E-state index >= 15 is 0 Å². The summed E-state index contributed by atoms with van der Waals surface area (Å²) in [7, 11) is 0. The largest absolute Gasteiger partial charge is 0.467 e. The Morgan fingerprint density at radius 3 is 1.79 bits per heavy atom. The van der Waals surface area contributed by atoms with Crippen LogP contribution in [0.2, 0.25) is 0 Å². The number of esters is 1. The van der Waals surface area contributed by atoms with E-state index < -0.39 is 0 Å². The standard InChI is InChI=1S/C30H22O4/c31-18-33-16-28-24-13-6-3-10-21(24)25-14-7-15-26(29(25)28)30(32)34-17-27-22-11-4-1-8-19(22)20-9-2-5-12-23(20)27/h1-15,18,27-28H,16-17H2. The van der Waals surface area contributed by atoms with Crippen LogP contribution in [0.25, 0.3) is 22.3 Å². The van der Waals surface area contributed by atoms with Crippen LogP contribution in [-0.2, 0) is 14.3 Å². The van der Waals surface area contributed by atoms with Gasteiger partial charge in [-0.15, -0.1) is 0 Å². The van der Waals surface area contributed by atoms with Crippen LogP contribution in [0, 0.1) is 0 Å². The van der Waals surface area contributed by atoms with Crippen LogP contribution < -0.4 is 0 Å². The van der Waals surface area contributed by atoms with Crippen LogP contribution >= 0.6 is 0 Å². The van der Waals surface area contributed by atoms with Gasteiger partial charge in [0.05, 0.1) is 5.56 Å². The topological polar surface area (TPSA) is 52.6 Å². The van der Waals surface area contributed by atoms with Gasteiger partial charge in [-0.25, -0.2) is 4.79 Å². The van der Waals surface area contributed by atoms with E-state index in [1.54, 1.807) is 6.07 Å². The molecule has 1 unspecified atom stereocenters. The summed E-state index contributed by atoms with van der Waals surface area (Å²) < 4.78 is 11.1.